The van der Waals surface area contributed by atoms with Crippen molar-refractivity contribution in [2.45, 2.75) is 26.4 Å². The molecule has 0 spiro atoms. The molecule has 0 aliphatic rings. The molecule has 1 unspecified atom stereocenters. The number of halogens is 2. The van der Waals surface area contributed by atoms with E-state index >= 15 is 0 Å². The maximum absolute atomic E-state index is 13.7. The van der Waals surface area contributed by atoms with Gasteiger partial charge in [-0.15, -0.1) is 11.3 Å². The summed E-state index contributed by atoms with van der Waals surface area (Å²) in [4.78, 5) is 4.37. The molecule has 0 saturated carbocycles. The smallest absolute Gasteiger partial charge is 0.129 e. The molecule has 18 heavy (non-hydrogen) atoms. The maximum Gasteiger partial charge on any atom is 0.129 e. The van der Waals surface area contributed by atoms with Crippen molar-refractivity contribution in [1.29, 1.82) is 0 Å². The average molecular weight is 329 g/mol. The Labute approximate surface area is 118 Å². The van der Waals surface area contributed by atoms with Gasteiger partial charge in [0.1, 0.15) is 10.8 Å². The minimum absolute atomic E-state index is 0.0395. The first-order valence-electron chi connectivity index (χ1n) is 5.65. The van der Waals surface area contributed by atoms with E-state index in [1.165, 1.54) is 6.07 Å². The average Bonchev–Trinajstić information content (AvgIpc) is 2.72. The molecule has 1 heterocycles. The standard InChI is InChI=1S/C13H14BrFN2S/c1-8-7-18-13(17-8)6-16-9(2)11-4-3-10(14)5-12(11)15/h3-5,7,9,16H,6H2,1-2H3. The third-order valence-corrected chi connectivity index (χ3v) is 4.11. The number of benzene rings is 1. The normalized spacial score (nSPS) is 12.7. The fraction of sp³-hybridized carbons (Fsp3) is 0.308. The second-order valence-electron chi connectivity index (χ2n) is 4.15. The van der Waals surface area contributed by atoms with Crippen LogP contribution < -0.4 is 5.32 Å². The van der Waals surface area contributed by atoms with E-state index in [0.29, 0.717) is 12.1 Å². The Morgan fingerprint density at radius 1 is 1.50 bits per heavy atom. The van der Waals surface area contributed by atoms with Gasteiger partial charge in [0.2, 0.25) is 0 Å². The van der Waals surface area contributed by atoms with E-state index < -0.39 is 0 Å². The Bertz CT molecular complexity index is 542. The van der Waals surface area contributed by atoms with Gasteiger partial charge in [-0.05, 0) is 26.0 Å². The van der Waals surface area contributed by atoms with Crippen molar-refractivity contribution >= 4 is 27.3 Å². The lowest BCUT2D eigenvalue weighted by Gasteiger charge is -2.14. The summed E-state index contributed by atoms with van der Waals surface area (Å²) in [7, 11) is 0. The lowest BCUT2D eigenvalue weighted by Crippen LogP contribution is -2.19. The molecule has 96 valence electrons. The molecule has 0 saturated heterocycles. The summed E-state index contributed by atoms with van der Waals surface area (Å²) in [6.07, 6.45) is 0. The fourth-order valence-electron chi connectivity index (χ4n) is 1.69. The zero-order valence-electron chi connectivity index (χ0n) is 10.2. The van der Waals surface area contributed by atoms with Gasteiger partial charge in [0.15, 0.2) is 0 Å². The van der Waals surface area contributed by atoms with Crippen LogP contribution in [0.1, 0.15) is 29.2 Å². The van der Waals surface area contributed by atoms with Crippen LogP contribution >= 0.6 is 27.3 Å². The molecule has 5 heteroatoms. The second kappa shape index (κ2) is 5.91. The second-order valence-corrected chi connectivity index (χ2v) is 6.01. The number of nitrogens with zero attached hydrogens (tertiary/aromatic N) is 1. The third kappa shape index (κ3) is 3.37. The van der Waals surface area contributed by atoms with Crippen LogP contribution in [0.3, 0.4) is 0 Å². The highest BCUT2D eigenvalue weighted by Crippen LogP contribution is 2.21. The molecule has 0 radical (unpaired) electrons. The van der Waals surface area contributed by atoms with E-state index in [1.807, 2.05) is 25.3 Å². The van der Waals surface area contributed by atoms with Crippen molar-refractivity contribution in [3.8, 4) is 0 Å². The van der Waals surface area contributed by atoms with Gasteiger partial charge in [-0.2, -0.15) is 0 Å². The van der Waals surface area contributed by atoms with Gasteiger partial charge in [-0.3, -0.25) is 0 Å². The first-order chi connectivity index (χ1) is 8.56. The Hall–Kier alpha value is -0.780. The molecule has 1 atom stereocenters. The largest absolute Gasteiger partial charge is 0.304 e. The highest BCUT2D eigenvalue weighted by molar-refractivity contribution is 9.10. The van der Waals surface area contributed by atoms with Crippen LogP contribution in [0.25, 0.3) is 0 Å². The van der Waals surface area contributed by atoms with E-state index in [9.17, 15) is 4.39 Å². The molecular formula is C13H14BrFN2S. The number of thiazole rings is 1. The quantitative estimate of drug-likeness (QED) is 0.909. The first-order valence-corrected chi connectivity index (χ1v) is 7.33. The van der Waals surface area contributed by atoms with Crippen LogP contribution in [0.4, 0.5) is 4.39 Å². The molecule has 2 rings (SSSR count). The molecule has 0 bridgehead atoms. The summed E-state index contributed by atoms with van der Waals surface area (Å²) in [5.41, 5.74) is 1.70. The number of rotatable bonds is 4. The Morgan fingerprint density at radius 2 is 2.28 bits per heavy atom. The van der Waals surface area contributed by atoms with Crippen molar-refractivity contribution in [3.63, 3.8) is 0 Å². The Balaban J connectivity index is 2.01. The zero-order chi connectivity index (χ0) is 13.1. The van der Waals surface area contributed by atoms with Crippen LogP contribution in [0.15, 0.2) is 28.1 Å². The molecule has 2 nitrogen and oxygen atoms in total. The van der Waals surface area contributed by atoms with Crippen molar-refractivity contribution in [2.24, 2.45) is 0 Å². The summed E-state index contributed by atoms with van der Waals surface area (Å²) in [6, 6.07) is 5.09. The van der Waals surface area contributed by atoms with Crippen molar-refractivity contribution in [2.75, 3.05) is 0 Å². The first kappa shape index (κ1) is 13.6. The predicted octanol–water partition coefficient (Wildman–Crippen LogP) is 4.20. The minimum Gasteiger partial charge on any atom is -0.304 e. The topological polar surface area (TPSA) is 24.9 Å². The van der Waals surface area contributed by atoms with Gasteiger partial charge in [0.25, 0.3) is 0 Å². The van der Waals surface area contributed by atoms with Crippen molar-refractivity contribution < 1.29 is 4.39 Å². The summed E-state index contributed by atoms with van der Waals surface area (Å²) < 4.78 is 14.5. The molecular weight excluding hydrogens is 315 g/mol. The summed E-state index contributed by atoms with van der Waals surface area (Å²) in [5.74, 6) is -0.195. The minimum atomic E-state index is -0.195. The molecule has 0 fully saturated rings. The van der Waals surface area contributed by atoms with Crippen molar-refractivity contribution in [1.82, 2.24) is 10.3 Å². The third-order valence-electron chi connectivity index (χ3n) is 2.66. The van der Waals surface area contributed by atoms with Crippen LogP contribution in [-0.4, -0.2) is 4.98 Å². The van der Waals surface area contributed by atoms with Crippen LogP contribution in [0.5, 0.6) is 0 Å². The van der Waals surface area contributed by atoms with Crippen LogP contribution in [-0.2, 0) is 6.54 Å². The zero-order valence-corrected chi connectivity index (χ0v) is 12.6. The molecule has 2 aromatic rings. The summed E-state index contributed by atoms with van der Waals surface area (Å²) in [6.45, 7) is 4.58. The number of hydrogen-bond donors (Lipinski definition) is 1. The molecule has 0 aliphatic carbocycles. The van der Waals surface area contributed by atoms with Crippen molar-refractivity contribution in [3.05, 3.63) is 50.1 Å². The van der Waals surface area contributed by atoms with E-state index in [2.05, 4.69) is 26.2 Å². The number of hydrogen-bond acceptors (Lipinski definition) is 3. The van der Waals surface area contributed by atoms with E-state index in [0.717, 1.165) is 15.2 Å². The van der Waals surface area contributed by atoms with Gasteiger partial charge < -0.3 is 5.32 Å². The van der Waals surface area contributed by atoms with Gasteiger partial charge in [0.05, 0.1) is 0 Å². The predicted molar refractivity (Wildman–Crippen MR) is 76.2 cm³/mol. The summed E-state index contributed by atoms with van der Waals surface area (Å²) in [5, 5.41) is 6.32. The Morgan fingerprint density at radius 3 is 2.89 bits per heavy atom. The molecule has 0 aliphatic heterocycles. The fourth-order valence-corrected chi connectivity index (χ4v) is 2.74. The van der Waals surface area contributed by atoms with Gasteiger partial charge in [-0.25, -0.2) is 9.37 Å². The number of aromatic nitrogens is 1. The highest BCUT2D eigenvalue weighted by Gasteiger charge is 2.11. The van der Waals surface area contributed by atoms with Crippen LogP contribution in [0, 0.1) is 12.7 Å². The maximum atomic E-state index is 13.7. The molecule has 1 N–H and O–H groups in total. The molecule has 1 aromatic heterocycles. The summed E-state index contributed by atoms with van der Waals surface area (Å²) >= 11 is 4.87. The van der Waals surface area contributed by atoms with E-state index in [1.54, 1.807) is 17.4 Å². The SMILES string of the molecule is Cc1csc(CNC(C)c2ccc(Br)cc2F)n1. The lowest BCUT2D eigenvalue weighted by atomic mass is 10.1. The highest BCUT2D eigenvalue weighted by atomic mass is 79.9. The Kier molecular flexibility index (Phi) is 4.48. The van der Waals surface area contributed by atoms with E-state index in [-0.39, 0.29) is 11.9 Å². The van der Waals surface area contributed by atoms with Gasteiger partial charge in [-0.1, -0.05) is 22.0 Å². The monoisotopic (exact) mass is 328 g/mol. The molecule has 0 amide bonds. The molecule has 1 aromatic carbocycles. The van der Waals surface area contributed by atoms with Gasteiger partial charge in [0, 0.05) is 33.7 Å². The number of nitrogens with one attached hydrogen (secondary N) is 1. The van der Waals surface area contributed by atoms with Crippen LogP contribution in [0.2, 0.25) is 0 Å². The lowest BCUT2D eigenvalue weighted by molar-refractivity contribution is 0.527. The van der Waals surface area contributed by atoms with E-state index in [4.69, 9.17) is 0 Å². The number of aryl methyl sites for hydroxylation is 1. The van der Waals surface area contributed by atoms with Gasteiger partial charge >= 0.3 is 0 Å².